The fourth-order valence-corrected chi connectivity index (χ4v) is 4.31. The van der Waals surface area contributed by atoms with Crippen LogP contribution < -0.4 is 10.2 Å². The number of hydrogen-bond acceptors (Lipinski definition) is 4. The third-order valence-corrected chi connectivity index (χ3v) is 5.93. The lowest BCUT2D eigenvalue weighted by Crippen LogP contribution is -2.36. The number of anilines is 1. The molecule has 3 rings (SSSR count). The Morgan fingerprint density at radius 2 is 2.12 bits per heavy atom. The van der Waals surface area contributed by atoms with Gasteiger partial charge in [-0.2, -0.15) is 8.42 Å². The SMILES string of the molecule is CC[C@H](C)NC(=O)c1ccc2c(c1)S(=O)(=O)N=C1CCCCCN12. The van der Waals surface area contributed by atoms with Crippen molar-refractivity contribution in [2.24, 2.45) is 4.40 Å². The highest BCUT2D eigenvalue weighted by atomic mass is 32.2. The molecule has 1 amide bonds. The van der Waals surface area contributed by atoms with Gasteiger partial charge in [0.15, 0.2) is 0 Å². The Morgan fingerprint density at radius 1 is 1.33 bits per heavy atom. The summed E-state index contributed by atoms with van der Waals surface area (Å²) in [6.07, 6.45) is 4.52. The summed E-state index contributed by atoms with van der Waals surface area (Å²) in [5.41, 5.74) is 0.994. The normalized spacial score (nSPS) is 20.2. The molecule has 130 valence electrons. The van der Waals surface area contributed by atoms with Crippen LogP contribution in [0.5, 0.6) is 0 Å². The van der Waals surface area contributed by atoms with Crippen molar-refractivity contribution >= 4 is 27.5 Å². The second-order valence-corrected chi connectivity index (χ2v) is 7.98. The number of carbonyl (C=O) groups is 1. The maximum Gasteiger partial charge on any atom is 0.286 e. The molecule has 0 unspecified atom stereocenters. The Labute approximate surface area is 143 Å². The maximum atomic E-state index is 12.5. The zero-order valence-electron chi connectivity index (χ0n) is 14.1. The average molecular weight is 349 g/mol. The molecule has 2 aliphatic rings. The van der Waals surface area contributed by atoms with Crippen LogP contribution in [-0.2, 0) is 10.0 Å². The van der Waals surface area contributed by atoms with Gasteiger partial charge in [0.1, 0.15) is 10.7 Å². The molecule has 0 aliphatic carbocycles. The molecule has 1 aromatic carbocycles. The number of benzene rings is 1. The first-order valence-corrected chi connectivity index (χ1v) is 9.92. The van der Waals surface area contributed by atoms with Crippen molar-refractivity contribution in [1.82, 2.24) is 5.32 Å². The summed E-state index contributed by atoms with van der Waals surface area (Å²) in [6, 6.07) is 4.92. The lowest BCUT2D eigenvalue weighted by Gasteiger charge is -2.29. The molecule has 1 atom stereocenters. The quantitative estimate of drug-likeness (QED) is 0.910. The maximum absolute atomic E-state index is 12.5. The Hall–Kier alpha value is -1.89. The van der Waals surface area contributed by atoms with Crippen LogP contribution >= 0.6 is 0 Å². The van der Waals surface area contributed by atoms with Crippen LogP contribution in [0.3, 0.4) is 0 Å². The molecule has 2 aliphatic heterocycles. The van der Waals surface area contributed by atoms with E-state index in [0.29, 0.717) is 23.5 Å². The number of rotatable bonds is 3. The average Bonchev–Trinajstić information content (AvgIpc) is 2.79. The second-order valence-electron chi connectivity index (χ2n) is 6.41. The molecule has 24 heavy (non-hydrogen) atoms. The predicted octanol–water partition coefficient (Wildman–Crippen LogP) is 2.70. The van der Waals surface area contributed by atoms with Crippen molar-refractivity contribution in [2.75, 3.05) is 11.4 Å². The molecule has 0 saturated carbocycles. The third kappa shape index (κ3) is 3.17. The number of sulfonamides is 1. The molecule has 0 spiro atoms. The number of amides is 1. The largest absolute Gasteiger partial charge is 0.350 e. The van der Waals surface area contributed by atoms with Crippen LogP contribution in [0.4, 0.5) is 5.69 Å². The standard InChI is InChI=1S/C17H23N3O3S/c1-3-12(2)18-17(21)13-8-9-14-15(11-13)24(22,23)19-16-7-5-4-6-10-20(14)16/h8-9,11-12H,3-7,10H2,1-2H3,(H,18,21)/t12-/m0/s1. The Balaban J connectivity index is 2.00. The molecule has 0 radical (unpaired) electrons. The number of nitrogens with zero attached hydrogens (tertiary/aromatic N) is 2. The molecule has 0 bridgehead atoms. The molecule has 1 aromatic rings. The van der Waals surface area contributed by atoms with E-state index in [1.807, 2.05) is 18.7 Å². The Kier molecular flexibility index (Phi) is 4.62. The zero-order chi connectivity index (χ0) is 17.3. The predicted molar refractivity (Wildman–Crippen MR) is 94.1 cm³/mol. The van der Waals surface area contributed by atoms with Gasteiger partial charge >= 0.3 is 0 Å². The highest BCUT2D eigenvalue weighted by molar-refractivity contribution is 7.90. The van der Waals surface area contributed by atoms with Gasteiger partial charge in [0, 0.05) is 24.6 Å². The van der Waals surface area contributed by atoms with Crippen molar-refractivity contribution in [3.8, 4) is 0 Å². The van der Waals surface area contributed by atoms with Gasteiger partial charge in [-0.25, -0.2) is 0 Å². The second kappa shape index (κ2) is 6.55. The summed E-state index contributed by atoms with van der Waals surface area (Å²) in [5, 5.41) is 2.86. The zero-order valence-corrected chi connectivity index (χ0v) is 14.9. The summed E-state index contributed by atoms with van der Waals surface area (Å²) in [7, 11) is -3.75. The highest BCUT2D eigenvalue weighted by Crippen LogP contribution is 2.34. The van der Waals surface area contributed by atoms with Crippen LogP contribution in [0.15, 0.2) is 27.5 Å². The smallest absolute Gasteiger partial charge is 0.286 e. The molecule has 6 nitrogen and oxygen atoms in total. The van der Waals surface area contributed by atoms with Crippen LogP contribution in [0.25, 0.3) is 0 Å². The lowest BCUT2D eigenvalue weighted by atomic mass is 10.1. The van der Waals surface area contributed by atoms with Gasteiger partial charge in [0.05, 0.1) is 5.69 Å². The summed E-state index contributed by atoms with van der Waals surface area (Å²) in [4.78, 5) is 14.4. The van der Waals surface area contributed by atoms with Crippen LogP contribution in [0, 0.1) is 0 Å². The van der Waals surface area contributed by atoms with Crippen molar-refractivity contribution in [1.29, 1.82) is 0 Å². The molecule has 1 fully saturated rings. The molecule has 1 saturated heterocycles. The summed E-state index contributed by atoms with van der Waals surface area (Å²) < 4.78 is 29.1. The number of nitrogens with one attached hydrogen (secondary N) is 1. The van der Waals surface area contributed by atoms with Crippen LogP contribution in [0.2, 0.25) is 0 Å². The monoisotopic (exact) mass is 349 g/mol. The van der Waals surface area contributed by atoms with E-state index in [1.165, 1.54) is 6.07 Å². The van der Waals surface area contributed by atoms with E-state index in [9.17, 15) is 13.2 Å². The fourth-order valence-electron chi connectivity index (χ4n) is 3.03. The van der Waals surface area contributed by atoms with Crippen LogP contribution in [0.1, 0.15) is 56.3 Å². The van der Waals surface area contributed by atoms with Crippen molar-refractivity contribution < 1.29 is 13.2 Å². The number of hydrogen-bond donors (Lipinski definition) is 1. The third-order valence-electron chi connectivity index (χ3n) is 4.60. The topological polar surface area (TPSA) is 78.8 Å². The van der Waals surface area contributed by atoms with E-state index < -0.39 is 10.0 Å². The Bertz CT molecular complexity index is 786. The molecular formula is C17H23N3O3S. The van der Waals surface area contributed by atoms with Gasteiger partial charge in [0.2, 0.25) is 0 Å². The highest BCUT2D eigenvalue weighted by Gasteiger charge is 2.32. The summed E-state index contributed by atoms with van der Waals surface area (Å²) in [5.74, 6) is 0.366. The van der Waals surface area contributed by atoms with Gasteiger partial charge in [-0.15, -0.1) is 4.40 Å². The van der Waals surface area contributed by atoms with Gasteiger partial charge in [-0.3, -0.25) is 4.79 Å². The number of fused-ring (bicyclic) bond motifs is 3. The summed E-state index contributed by atoms with van der Waals surface area (Å²) in [6.45, 7) is 4.67. The van der Waals surface area contributed by atoms with E-state index >= 15 is 0 Å². The van der Waals surface area contributed by atoms with Gasteiger partial charge < -0.3 is 10.2 Å². The van der Waals surface area contributed by atoms with E-state index in [-0.39, 0.29) is 16.8 Å². The molecular weight excluding hydrogens is 326 g/mol. The van der Waals surface area contributed by atoms with Gasteiger partial charge in [-0.1, -0.05) is 13.3 Å². The minimum atomic E-state index is -3.75. The lowest BCUT2D eigenvalue weighted by molar-refractivity contribution is 0.0939. The molecule has 1 N–H and O–H groups in total. The van der Waals surface area contributed by atoms with E-state index in [2.05, 4.69) is 9.71 Å². The first-order chi connectivity index (χ1) is 11.4. The fraction of sp³-hybridized carbons (Fsp3) is 0.529. The number of amidine groups is 1. The van der Waals surface area contributed by atoms with E-state index in [0.717, 1.165) is 32.2 Å². The van der Waals surface area contributed by atoms with Gasteiger partial charge in [0.25, 0.3) is 15.9 Å². The first-order valence-electron chi connectivity index (χ1n) is 8.48. The van der Waals surface area contributed by atoms with E-state index in [1.54, 1.807) is 12.1 Å². The molecule has 7 heteroatoms. The van der Waals surface area contributed by atoms with E-state index in [4.69, 9.17) is 0 Å². The van der Waals surface area contributed by atoms with Crippen LogP contribution in [-0.4, -0.2) is 32.7 Å². The molecule has 2 heterocycles. The van der Waals surface area contributed by atoms with Crippen molar-refractivity contribution in [3.63, 3.8) is 0 Å². The number of carbonyl (C=O) groups excluding carboxylic acids is 1. The first kappa shape index (κ1) is 17.0. The Morgan fingerprint density at radius 3 is 2.88 bits per heavy atom. The van der Waals surface area contributed by atoms with Crippen molar-refractivity contribution in [2.45, 2.75) is 56.9 Å². The minimum Gasteiger partial charge on any atom is -0.350 e. The summed E-state index contributed by atoms with van der Waals surface area (Å²) >= 11 is 0. The molecule has 0 aromatic heterocycles. The minimum absolute atomic E-state index is 0.0420. The van der Waals surface area contributed by atoms with Gasteiger partial charge in [-0.05, 0) is 44.4 Å². The van der Waals surface area contributed by atoms with Crippen molar-refractivity contribution in [3.05, 3.63) is 23.8 Å².